The first-order chi connectivity index (χ1) is 15.4. The molecule has 0 N–H and O–H groups in total. The number of nitro benzene ring substituents is 1. The van der Waals surface area contributed by atoms with Crippen LogP contribution < -0.4 is 4.74 Å². The second kappa shape index (κ2) is 10.8. The Morgan fingerprint density at radius 2 is 1.84 bits per heavy atom. The Bertz CT molecular complexity index is 1080. The quantitative estimate of drug-likeness (QED) is 0.183. The molecule has 32 heavy (non-hydrogen) atoms. The fraction of sp³-hybridized carbons (Fsp3) is 0.286. The van der Waals surface area contributed by atoms with Crippen molar-refractivity contribution < 1.29 is 32.3 Å². The van der Waals surface area contributed by atoms with Gasteiger partial charge in [0.1, 0.15) is 19.0 Å². The first-order valence-electron chi connectivity index (χ1n) is 9.76. The highest BCUT2D eigenvalue weighted by Crippen LogP contribution is 2.20. The minimum atomic E-state index is -3.57. The second-order valence-corrected chi connectivity index (χ2v) is 8.63. The van der Waals surface area contributed by atoms with E-state index in [2.05, 4.69) is 0 Å². The first-order valence-corrected chi connectivity index (χ1v) is 11.2. The van der Waals surface area contributed by atoms with E-state index < -0.39 is 20.9 Å². The Labute approximate surface area is 185 Å². The van der Waals surface area contributed by atoms with Gasteiger partial charge in [0, 0.05) is 31.3 Å². The van der Waals surface area contributed by atoms with Crippen molar-refractivity contribution in [3.63, 3.8) is 0 Å². The van der Waals surface area contributed by atoms with Gasteiger partial charge in [-0.2, -0.15) is 4.31 Å². The van der Waals surface area contributed by atoms with Crippen LogP contribution in [0, 0.1) is 10.1 Å². The molecule has 11 heteroatoms. The highest BCUT2D eigenvalue weighted by Gasteiger charge is 2.26. The highest BCUT2D eigenvalue weighted by atomic mass is 32.2. The molecule has 170 valence electrons. The van der Waals surface area contributed by atoms with E-state index in [4.69, 9.17) is 14.2 Å². The largest absolute Gasteiger partial charge is 0.490 e. The van der Waals surface area contributed by atoms with Crippen LogP contribution in [-0.2, 0) is 24.3 Å². The van der Waals surface area contributed by atoms with Crippen LogP contribution >= 0.6 is 0 Å². The van der Waals surface area contributed by atoms with Gasteiger partial charge in [0.15, 0.2) is 0 Å². The van der Waals surface area contributed by atoms with Crippen molar-refractivity contribution in [1.82, 2.24) is 4.31 Å². The Kier molecular flexibility index (Phi) is 7.92. The Morgan fingerprint density at radius 1 is 1.12 bits per heavy atom. The molecular weight excluding hydrogens is 440 g/mol. The SMILES string of the molecule is O=C(/C=C/c1cccc([N+](=O)[O-])c1)OCCOc1ccc(S(=O)(=O)N2CCOCC2)cc1. The van der Waals surface area contributed by atoms with E-state index in [0.717, 1.165) is 0 Å². The van der Waals surface area contributed by atoms with E-state index in [1.165, 1.54) is 58.9 Å². The minimum Gasteiger partial charge on any atom is -0.490 e. The molecule has 0 aromatic heterocycles. The smallest absolute Gasteiger partial charge is 0.330 e. The molecule has 1 aliphatic heterocycles. The number of esters is 1. The van der Waals surface area contributed by atoms with Crippen molar-refractivity contribution in [2.45, 2.75) is 4.90 Å². The highest BCUT2D eigenvalue weighted by molar-refractivity contribution is 7.89. The third-order valence-electron chi connectivity index (χ3n) is 4.52. The topological polar surface area (TPSA) is 125 Å². The number of rotatable bonds is 9. The van der Waals surface area contributed by atoms with Crippen molar-refractivity contribution in [3.05, 3.63) is 70.3 Å². The normalized spacial score (nSPS) is 14.9. The lowest BCUT2D eigenvalue weighted by atomic mass is 10.2. The van der Waals surface area contributed by atoms with Crippen molar-refractivity contribution in [2.75, 3.05) is 39.5 Å². The van der Waals surface area contributed by atoms with Gasteiger partial charge in [0.25, 0.3) is 5.69 Å². The minimum absolute atomic E-state index is 0.0219. The molecule has 0 amide bonds. The number of nitro groups is 1. The monoisotopic (exact) mass is 462 g/mol. The molecule has 0 aliphatic carbocycles. The van der Waals surface area contributed by atoms with Crippen LogP contribution in [0.15, 0.2) is 59.5 Å². The number of carbonyl (C=O) groups is 1. The molecule has 10 nitrogen and oxygen atoms in total. The van der Waals surface area contributed by atoms with Crippen LogP contribution in [0.25, 0.3) is 6.08 Å². The third kappa shape index (κ3) is 6.36. The number of benzene rings is 2. The Morgan fingerprint density at radius 3 is 2.53 bits per heavy atom. The van der Waals surface area contributed by atoms with Crippen molar-refractivity contribution in [3.8, 4) is 5.75 Å². The number of hydrogen-bond donors (Lipinski definition) is 0. The molecule has 0 bridgehead atoms. The zero-order valence-electron chi connectivity index (χ0n) is 17.1. The molecule has 2 aromatic rings. The molecule has 0 spiro atoms. The summed E-state index contributed by atoms with van der Waals surface area (Å²) in [5.74, 6) is -0.179. The average molecular weight is 462 g/mol. The van der Waals surface area contributed by atoms with Crippen LogP contribution in [0.5, 0.6) is 5.75 Å². The van der Waals surface area contributed by atoms with Gasteiger partial charge in [0.05, 0.1) is 23.0 Å². The standard InChI is InChI=1S/C21H22N2O8S/c24-21(9-4-17-2-1-3-18(16-17)23(25)26)31-15-14-30-19-5-7-20(8-6-19)32(27,28)22-10-12-29-13-11-22/h1-9,16H,10-15H2/b9-4+. The van der Waals surface area contributed by atoms with Gasteiger partial charge in [-0.3, -0.25) is 10.1 Å². The second-order valence-electron chi connectivity index (χ2n) is 6.69. The molecular formula is C21H22N2O8S. The van der Waals surface area contributed by atoms with Gasteiger partial charge in [-0.1, -0.05) is 12.1 Å². The summed E-state index contributed by atoms with van der Waals surface area (Å²) in [5, 5.41) is 10.8. The van der Waals surface area contributed by atoms with Crippen molar-refractivity contribution >= 4 is 27.8 Å². The molecule has 1 saturated heterocycles. The van der Waals surface area contributed by atoms with E-state index in [1.807, 2.05) is 0 Å². The van der Waals surface area contributed by atoms with Crippen LogP contribution in [0.1, 0.15) is 5.56 Å². The lowest BCUT2D eigenvalue weighted by molar-refractivity contribution is -0.384. The summed E-state index contributed by atoms with van der Waals surface area (Å²) in [5.41, 5.74) is 0.428. The molecule has 0 radical (unpaired) electrons. The number of ether oxygens (including phenoxy) is 3. The summed E-state index contributed by atoms with van der Waals surface area (Å²) in [6, 6.07) is 11.9. The van der Waals surface area contributed by atoms with E-state index in [1.54, 1.807) is 6.07 Å². The number of sulfonamides is 1. The molecule has 1 fully saturated rings. The lowest BCUT2D eigenvalue weighted by Crippen LogP contribution is -2.40. The van der Waals surface area contributed by atoms with Gasteiger partial charge < -0.3 is 14.2 Å². The zero-order valence-corrected chi connectivity index (χ0v) is 17.9. The summed E-state index contributed by atoms with van der Waals surface area (Å²) in [6.07, 6.45) is 2.59. The molecule has 3 rings (SSSR count). The van der Waals surface area contributed by atoms with Gasteiger partial charge >= 0.3 is 5.97 Å². The lowest BCUT2D eigenvalue weighted by Gasteiger charge is -2.26. The van der Waals surface area contributed by atoms with Crippen LogP contribution in [0.3, 0.4) is 0 Å². The van der Waals surface area contributed by atoms with Crippen LogP contribution in [0.4, 0.5) is 5.69 Å². The number of nitrogens with zero attached hydrogens (tertiary/aromatic N) is 2. The molecule has 2 aromatic carbocycles. The third-order valence-corrected chi connectivity index (χ3v) is 6.43. The van der Waals surface area contributed by atoms with E-state index >= 15 is 0 Å². The molecule has 1 heterocycles. The fourth-order valence-corrected chi connectivity index (χ4v) is 4.31. The summed E-state index contributed by atoms with van der Waals surface area (Å²) in [7, 11) is -3.57. The summed E-state index contributed by atoms with van der Waals surface area (Å²) in [4.78, 5) is 22.2. The summed E-state index contributed by atoms with van der Waals surface area (Å²) >= 11 is 0. The number of non-ortho nitro benzene ring substituents is 1. The predicted octanol–water partition coefficient (Wildman–Crippen LogP) is 2.25. The van der Waals surface area contributed by atoms with Gasteiger partial charge in [-0.15, -0.1) is 0 Å². The predicted molar refractivity (Wildman–Crippen MR) is 115 cm³/mol. The number of morpholine rings is 1. The van der Waals surface area contributed by atoms with Crippen LogP contribution in [0.2, 0.25) is 0 Å². The van der Waals surface area contributed by atoms with Crippen molar-refractivity contribution in [1.29, 1.82) is 0 Å². The van der Waals surface area contributed by atoms with Gasteiger partial charge in [-0.05, 0) is 35.9 Å². The van der Waals surface area contributed by atoms with Crippen LogP contribution in [-0.4, -0.2) is 63.1 Å². The maximum atomic E-state index is 12.6. The zero-order chi connectivity index (χ0) is 23.0. The summed E-state index contributed by atoms with van der Waals surface area (Å²) in [6.45, 7) is 1.44. The average Bonchev–Trinajstić information content (AvgIpc) is 2.81. The Balaban J connectivity index is 1.44. The summed E-state index contributed by atoms with van der Waals surface area (Å²) < 4.78 is 42.2. The maximum absolute atomic E-state index is 12.6. The molecule has 0 unspecified atom stereocenters. The van der Waals surface area contributed by atoms with Gasteiger partial charge in [-0.25, -0.2) is 13.2 Å². The van der Waals surface area contributed by atoms with E-state index in [-0.39, 0.29) is 23.8 Å². The van der Waals surface area contributed by atoms with Gasteiger partial charge in [0.2, 0.25) is 10.0 Å². The van der Waals surface area contributed by atoms with E-state index in [9.17, 15) is 23.3 Å². The molecule has 0 atom stereocenters. The molecule has 1 aliphatic rings. The number of carbonyl (C=O) groups excluding carboxylic acids is 1. The van der Waals surface area contributed by atoms with Crippen molar-refractivity contribution in [2.24, 2.45) is 0 Å². The first kappa shape index (κ1) is 23.4. The number of hydrogen-bond acceptors (Lipinski definition) is 8. The molecule has 0 saturated carbocycles. The Hall–Kier alpha value is -3.28. The van der Waals surface area contributed by atoms with E-state index in [0.29, 0.717) is 37.6 Å². The maximum Gasteiger partial charge on any atom is 0.330 e. The fourth-order valence-electron chi connectivity index (χ4n) is 2.90.